The van der Waals surface area contributed by atoms with E-state index in [2.05, 4.69) is 24.0 Å². The molecule has 0 aliphatic carbocycles. The van der Waals surface area contributed by atoms with Gasteiger partial charge in [0, 0.05) is 17.7 Å². The van der Waals surface area contributed by atoms with Gasteiger partial charge in [-0.2, -0.15) is 11.8 Å². The van der Waals surface area contributed by atoms with Gasteiger partial charge in [0.15, 0.2) is 0 Å². The van der Waals surface area contributed by atoms with Crippen LogP contribution >= 0.6 is 11.8 Å². The molecule has 1 nitrogen and oxygen atoms in total. The Balaban J connectivity index is 1.99. The van der Waals surface area contributed by atoms with Crippen molar-refractivity contribution in [2.24, 2.45) is 5.41 Å². The number of piperidine rings is 1. The molecule has 2 saturated heterocycles. The Labute approximate surface area is 119 Å². The van der Waals surface area contributed by atoms with E-state index in [1.807, 2.05) is 12.1 Å². The first-order valence-electron chi connectivity index (χ1n) is 7.31. The van der Waals surface area contributed by atoms with Gasteiger partial charge in [-0.15, -0.1) is 0 Å². The third-order valence-electron chi connectivity index (χ3n) is 5.05. The van der Waals surface area contributed by atoms with E-state index in [4.69, 9.17) is 0 Å². The monoisotopic (exact) mass is 279 g/mol. The van der Waals surface area contributed by atoms with Crippen molar-refractivity contribution in [3.05, 3.63) is 35.6 Å². The largest absolute Gasteiger partial charge is 0.316 e. The molecule has 1 N–H and O–H groups in total. The van der Waals surface area contributed by atoms with Crippen molar-refractivity contribution in [3.63, 3.8) is 0 Å². The first-order valence-corrected chi connectivity index (χ1v) is 8.36. The zero-order valence-corrected chi connectivity index (χ0v) is 12.3. The second kappa shape index (κ2) is 5.45. The first kappa shape index (κ1) is 13.4. The molecule has 3 heteroatoms. The normalized spacial score (nSPS) is 35.5. The smallest absolute Gasteiger partial charge is 0.126 e. The van der Waals surface area contributed by atoms with Crippen molar-refractivity contribution in [2.75, 3.05) is 18.8 Å². The Morgan fingerprint density at radius 2 is 2.16 bits per heavy atom. The predicted octanol–water partition coefficient (Wildman–Crippen LogP) is 3.80. The van der Waals surface area contributed by atoms with Gasteiger partial charge in [0.05, 0.1) is 0 Å². The molecule has 2 aliphatic heterocycles. The van der Waals surface area contributed by atoms with Gasteiger partial charge < -0.3 is 5.32 Å². The van der Waals surface area contributed by atoms with Crippen LogP contribution in [0.2, 0.25) is 0 Å². The minimum absolute atomic E-state index is 0.0293. The summed E-state index contributed by atoms with van der Waals surface area (Å²) in [5.74, 6) is 1.56. The van der Waals surface area contributed by atoms with Crippen molar-refractivity contribution in [2.45, 2.75) is 37.4 Å². The van der Waals surface area contributed by atoms with Crippen LogP contribution in [0.25, 0.3) is 0 Å². The van der Waals surface area contributed by atoms with Gasteiger partial charge in [0.2, 0.25) is 0 Å². The van der Waals surface area contributed by atoms with Crippen LogP contribution in [0.5, 0.6) is 0 Å². The number of hydrogen-bond acceptors (Lipinski definition) is 2. The van der Waals surface area contributed by atoms with Crippen LogP contribution in [0.3, 0.4) is 0 Å². The molecule has 3 unspecified atom stereocenters. The Morgan fingerprint density at radius 3 is 2.95 bits per heavy atom. The molecule has 3 atom stereocenters. The highest BCUT2D eigenvalue weighted by molar-refractivity contribution is 7.99. The van der Waals surface area contributed by atoms with E-state index < -0.39 is 0 Å². The Kier molecular flexibility index (Phi) is 3.86. The Morgan fingerprint density at radius 1 is 1.32 bits per heavy atom. The molecule has 1 aromatic rings. The molecule has 0 radical (unpaired) electrons. The molecule has 2 heterocycles. The lowest BCUT2D eigenvalue weighted by Gasteiger charge is -2.51. The zero-order chi connectivity index (χ0) is 13.3. The van der Waals surface area contributed by atoms with E-state index in [1.54, 1.807) is 12.1 Å². The van der Waals surface area contributed by atoms with Gasteiger partial charge in [0.1, 0.15) is 5.82 Å². The summed E-state index contributed by atoms with van der Waals surface area (Å²) in [5, 5.41) is 4.11. The highest BCUT2D eigenvalue weighted by Crippen LogP contribution is 2.53. The summed E-state index contributed by atoms with van der Waals surface area (Å²) >= 11 is 2.08. The minimum atomic E-state index is -0.0293. The highest BCUT2D eigenvalue weighted by atomic mass is 32.2. The zero-order valence-electron chi connectivity index (χ0n) is 11.5. The van der Waals surface area contributed by atoms with Crippen molar-refractivity contribution >= 4 is 11.8 Å². The molecular formula is C16H22FNS. The Bertz CT molecular complexity index is 444. The fraction of sp³-hybridized carbons (Fsp3) is 0.625. The summed E-state index contributed by atoms with van der Waals surface area (Å²) < 4.78 is 14.2. The van der Waals surface area contributed by atoms with E-state index in [9.17, 15) is 4.39 Å². The fourth-order valence-corrected chi connectivity index (χ4v) is 5.34. The number of nitrogens with one attached hydrogen (secondary N) is 1. The molecule has 2 fully saturated rings. The summed E-state index contributed by atoms with van der Waals surface area (Å²) in [7, 11) is 0. The average molecular weight is 279 g/mol. The van der Waals surface area contributed by atoms with Crippen LogP contribution in [0.1, 0.15) is 37.7 Å². The second-order valence-corrected chi connectivity index (χ2v) is 7.33. The van der Waals surface area contributed by atoms with Crippen LogP contribution in [0.15, 0.2) is 24.3 Å². The minimum Gasteiger partial charge on any atom is -0.316 e. The molecule has 0 bridgehead atoms. The van der Waals surface area contributed by atoms with E-state index in [-0.39, 0.29) is 11.2 Å². The number of rotatable bonds is 1. The van der Waals surface area contributed by atoms with Crippen molar-refractivity contribution in [3.8, 4) is 0 Å². The molecule has 19 heavy (non-hydrogen) atoms. The predicted molar refractivity (Wildman–Crippen MR) is 80.2 cm³/mol. The van der Waals surface area contributed by atoms with Gasteiger partial charge in [0.25, 0.3) is 0 Å². The lowest BCUT2D eigenvalue weighted by molar-refractivity contribution is 0.139. The first-order chi connectivity index (χ1) is 9.24. The molecule has 0 aromatic heterocycles. The van der Waals surface area contributed by atoms with Gasteiger partial charge >= 0.3 is 0 Å². The van der Waals surface area contributed by atoms with E-state index in [0.717, 1.165) is 18.7 Å². The molecule has 0 amide bonds. The average Bonchev–Trinajstić information content (AvgIpc) is 2.44. The molecule has 3 rings (SSSR count). The van der Waals surface area contributed by atoms with Crippen molar-refractivity contribution in [1.29, 1.82) is 0 Å². The summed E-state index contributed by atoms with van der Waals surface area (Å²) in [6.07, 6.45) is 3.71. The highest BCUT2D eigenvalue weighted by Gasteiger charge is 2.47. The molecule has 1 spiro atoms. The lowest BCUT2D eigenvalue weighted by Crippen LogP contribution is -2.50. The third kappa shape index (κ3) is 2.31. The number of benzene rings is 1. The van der Waals surface area contributed by atoms with E-state index >= 15 is 0 Å². The van der Waals surface area contributed by atoms with Gasteiger partial charge in [-0.05, 0) is 48.6 Å². The lowest BCUT2D eigenvalue weighted by atomic mass is 9.63. The summed E-state index contributed by atoms with van der Waals surface area (Å²) in [5.41, 5.74) is 1.21. The maximum Gasteiger partial charge on any atom is 0.126 e. The van der Waals surface area contributed by atoms with Gasteiger partial charge in [-0.3, -0.25) is 0 Å². The van der Waals surface area contributed by atoms with Crippen LogP contribution in [-0.2, 0) is 0 Å². The third-order valence-corrected chi connectivity index (χ3v) is 6.55. The quantitative estimate of drug-likeness (QED) is 0.839. The number of thioether (sulfide) groups is 1. The number of halogens is 1. The maximum atomic E-state index is 14.2. The van der Waals surface area contributed by atoms with E-state index in [0.29, 0.717) is 11.2 Å². The second-order valence-electron chi connectivity index (χ2n) is 5.88. The standard InChI is InChI=1S/C16H22FNS/c1-12-16(7-4-10-19-12)8-9-18-11-14(16)13-5-2-3-6-15(13)17/h2-3,5-6,12,14,18H,4,7-11H2,1H3. The molecule has 1 aromatic carbocycles. The maximum absolute atomic E-state index is 14.2. The van der Waals surface area contributed by atoms with Crippen LogP contribution in [0, 0.1) is 11.2 Å². The van der Waals surface area contributed by atoms with E-state index in [1.165, 1.54) is 25.0 Å². The molecule has 104 valence electrons. The number of hydrogen-bond donors (Lipinski definition) is 1. The van der Waals surface area contributed by atoms with Crippen LogP contribution in [-0.4, -0.2) is 24.1 Å². The topological polar surface area (TPSA) is 12.0 Å². The van der Waals surface area contributed by atoms with Gasteiger partial charge in [-0.1, -0.05) is 25.1 Å². The SMILES string of the molecule is CC1SCCCC12CCNCC2c1ccccc1F. The summed E-state index contributed by atoms with van der Waals surface area (Å²) in [4.78, 5) is 0. The van der Waals surface area contributed by atoms with Crippen LogP contribution in [0.4, 0.5) is 4.39 Å². The summed E-state index contributed by atoms with van der Waals surface area (Å²) in [6.45, 7) is 4.35. The molecule has 0 saturated carbocycles. The van der Waals surface area contributed by atoms with Crippen molar-refractivity contribution < 1.29 is 4.39 Å². The molecular weight excluding hydrogens is 257 g/mol. The fourth-order valence-electron chi connectivity index (χ4n) is 3.94. The summed E-state index contributed by atoms with van der Waals surface area (Å²) in [6, 6.07) is 7.36. The Hall–Kier alpha value is -0.540. The molecule has 2 aliphatic rings. The van der Waals surface area contributed by atoms with Crippen molar-refractivity contribution in [1.82, 2.24) is 5.32 Å². The van der Waals surface area contributed by atoms with Gasteiger partial charge in [-0.25, -0.2) is 4.39 Å². The van der Waals surface area contributed by atoms with Crippen LogP contribution < -0.4 is 5.32 Å².